The van der Waals surface area contributed by atoms with E-state index in [-0.39, 0.29) is 0 Å². The first-order valence-electron chi connectivity index (χ1n) is 6.88. The number of thiocarbonyl (C=S) groups is 1. The second kappa shape index (κ2) is 5.30. The highest BCUT2D eigenvalue weighted by Gasteiger charge is 2.14. The second-order valence-corrected chi connectivity index (χ2v) is 5.80. The molecule has 0 radical (unpaired) electrons. The van der Waals surface area contributed by atoms with Gasteiger partial charge in [0, 0.05) is 18.2 Å². The molecule has 0 saturated carbocycles. The van der Waals surface area contributed by atoms with E-state index in [1.807, 2.05) is 24.4 Å². The molecule has 0 atom stereocenters. The highest BCUT2D eigenvalue weighted by Crippen LogP contribution is 2.26. The van der Waals surface area contributed by atoms with E-state index in [2.05, 4.69) is 36.4 Å². The van der Waals surface area contributed by atoms with Gasteiger partial charge in [-0.3, -0.25) is 0 Å². The Morgan fingerprint density at radius 1 is 1.19 bits per heavy atom. The Bertz CT molecular complexity index is 833. The maximum atomic E-state index is 5.77. The fourth-order valence-electron chi connectivity index (χ4n) is 2.50. The zero-order valence-corrected chi connectivity index (χ0v) is 12.9. The molecule has 2 aromatic heterocycles. The van der Waals surface area contributed by atoms with Crippen molar-refractivity contribution in [1.29, 1.82) is 0 Å². The molecule has 0 spiro atoms. The fourth-order valence-corrected chi connectivity index (χ4v) is 2.64. The average molecular weight is 295 g/mol. The number of nitrogens with two attached hydrogens (primary N) is 1. The van der Waals surface area contributed by atoms with E-state index in [1.165, 1.54) is 11.1 Å². The Morgan fingerprint density at radius 2 is 2.00 bits per heavy atom. The highest BCUT2D eigenvalue weighted by molar-refractivity contribution is 7.80. The molecule has 3 nitrogen and oxygen atoms in total. The van der Waals surface area contributed by atoms with Crippen LogP contribution in [0.1, 0.15) is 16.8 Å². The van der Waals surface area contributed by atoms with Gasteiger partial charge in [0.2, 0.25) is 0 Å². The molecule has 0 fully saturated rings. The molecule has 0 unspecified atom stereocenters. The standard InChI is InChI=1S/C17H17N3S/c1-11-6-7-13(9-12(11)2)17-14(10-15(18)21)20-8-4-3-5-16(20)19-17/h3-9H,10H2,1-2H3,(H2,18,21). The number of rotatable bonds is 3. The van der Waals surface area contributed by atoms with Gasteiger partial charge in [-0.15, -0.1) is 0 Å². The van der Waals surface area contributed by atoms with Crippen LogP contribution in [0.5, 0.6) is 0 Å². The van der Waals surface area contributed by atoms with Gasteiger partial charge >= 0.3 is 0 Å². The molecule has 21 heavy (non-hydrogen) atoms. The van der Waals surface area contributed by atoms with Crippen molar-refractivity contribution < 1.29 is 0 Å². The van der Waals surface area contributed by atoms with Gasteiger partial charge in [-0.1, -0.05) is 30.4 Å². The van der Waals surface area contributed by atoms with Crippen molar-refractivity contribution in [2.45, 2.75) is 20.3 Å². The minimum absolute atomic E-state index is 0.478. The maximum Gasteiger partial charge on any atom is 0.137 e. The lowest BCUT2D eigenvalue weighted by Gasteiger charge is -2.06. The van der Waals surface area contributed by atoms with Crippen LogP contribution in [0.15, 0.2) is 42.6 Å². The SMILES string of the molecule is Cc1ccc(-c2nc3ccccn3c2CC(N)=S)cc1C. The van der Waals surface area contributed by atoms with Crippen LogP contribution in [-0.4, -0.2) is 14.4 Å². The van der Waals surface area contributed by atoms with Crippen LogP contribution in [0.4, 0.5) is 0 Å². The number of hydrogen-bond acceptors (Lipinski definition) is 2. The maximum absolute atomic E-state index is 5.77. The van der Waals surface area contributed by atoms with Crippen LogP contribution >= 0.6 is 12.2 Å². The predicted molar refractivity (Wildman–Crippen MR) is 90.6 cm³/mol. The number of hydrogen-bond donors (Lipinski definition) is 1. The fraction of sp³-hybridized carbons (Fsp3) is 0.176. The molecule has 0 aliphatic carbocycles. The lowest BCUT2D eigenvalue weighted by Crippen LogP contribution is -2.13. The Hall–Kier alpha value is -2.20. The average Bonchev–Trinajstić information content (AvgIpc) is 2.80. The molecule has 2 heterocycles. The molecule has 2 N–H and O–H groups in total. The lowest BCUT2D eigenvalue weighted by molar-refractivity contribution is 1.07. The van der Waals surface area contributed by atoms with Crippen LogP contribution in [0.25, 0.3) is 16.9 Å². The van der Waals surface area contributed by atoms with Crippen molar-refractivity contribution in [3.63, 3.8) is 0 Å². The molecule has 3 rings (SSSR count). The van der Waals surface area contributed by atoms with E-state index >= 15 is 0 Å². The minimum Gasteiger partial charge on any atom is -0.393 e. The van der Waals surface area contributed by atoms with Crippen molar-refractivity contribution in [1.82, 2.24) is 9.38 Å². The molecule has 0 saturated heterocycles. The van der Waals surface area contributed by atoms with Crippen LogP contribution in [0, 0.1) is 13.8 Å². The number of fused-ring (bicyclic) bond motifs is 1. The zero-order valence-electron chi connectivity index (χ0n) is 12.1. The predicted octanol–water partition coefficient (Wildman–Crippen LogP) is 3.45. The molecule has 0 aliphatic heterocycles. The first-order chi connectivity index (χ1) is 10.1. The largest absolute Gasteiger partial charge is 0.393 e. The number of benzene rings is 1. The number of aromatic nitrogens is 2. The number of nitrogens with zero attached hydrogens (tertiary/aromatic N) is 2. The summed E-state index contributed by atoms with van der Waals surface area (Å²) in [6.45, 7) is 4.22. The Labute approximate surface area is 129 Å². The third-order valence-electron chi connectivity index (χ3n) is 3.75. The Morgan fingerprint density at radius 3 is 2.71 bits per heavy atom. The van der Waals surface area contributed by atoms with E-state index in [0.29, 0.717) is 11.4 Å². The molecular formula is C17H17N3S. The summed E-state index contributed by atoms with van der Waals surface area (Å²) in [4.78, 5) is 5.23. The highest BCUT2D eigenvalue weighted by atomic mass is 32.1. The second-order valence-electron chi connectivity index (χ2n) is 5.28. The van der Waals surface area contributed by atoms with E-state index < -0.39 is 0 Å². The van der Waals surface area contributed by atoms with Crippen molar-refractivity contribution in [3.05, 3.63) is 59.4 Å². The van der Waals surface area contributed by atoms with Crippen molar-refractivity contribution >= 4 is 22.9 Å². The summed E-state index contributed by atoms with van der Waals surface area (Å²) in [6.07, 6.45) is 2.54. The van der Waals surface area contributed by atoms with Crippen molar-refractivity contribution in [2.75, 3.05) is 0 Å². The topological polar surface area (TPSA) is 43.3 Å². The van der Waals surface area contributed by atoms with Gasteiger partial charge < -0.3 is 10.1 Å². The Kier molecular flexibility index (Phi) is 3.47. The van der Waals surface area contributed by atoms with Crippen molar-refractivity contribution in [3.8, 4) is 11.3 Å². The van der Waals surface area contributed by atoms with E-state index in [0.717, 1.165) is 22.6 Å². The summed E-state index contributed by atoms with van der Waals surface area (Å²) in [5, 5.41) is 0. The first-order valence-corrected chi connectivity index (χ1v) is 7.29. The number of aryl methyl sites for hydroxylation is 2. The van der Waals surface area contributed by atoms with Crippen LogP contribution in [0.2, 0.25) is 0 Å². The molecule has 1 aromatic carbocycles. The van der Waals surface area contributed by atoms with Crippen LogP contribution < -0.4 is 5.73 Å². The molecule has 0 amide bonds. The van der Waals surface area contributed by atoms with Crippen LogP contribution in [-0.2, 0) is 6.42 Å². The molecule has 0 aliphatic rings. The third-order valence-corrected chi connectivity index (χ3v) is 3.90. The summed E-state index contributed by atoms with van der Waals surface area (Å²) < 4.78 is 2.06. The normalized spacial score (nSPS) is 11.0. The van der Waals surface area contributed by atoms with Gasteiger partial charge in [0.15, 0.2) is 0 Å². The quantitative estimate of drug-likeness (QED) is 0.753. The minimum atomic E-state index is 0.478. The summed E-state index contributed by atoms with van der Waals surface area (Å²) in [5.41, 5.74) is 12.3. The zero-order chi connectivity index (χ0) is 15.0. The van der Waals surface area contributed by atoms with Gasteiger partial charge in [-0.2, -0.15) is 0 Å². The van der Waals surface area contributed by atoms with E-state index in [4.69, 9.17) is 22.9 Å². The van der Waals surface area contributed by atoms with Crippen LogP contribution in [0.3, 0.4) is 0 Å². The number of pyridine rings is 1. The first kappa shape index (κ1) is 13.8. The van der Waals surface area contributed by atoms with E-state index in [1.54, 1.807) is 0 Å². The summed E-state index contributed by atoms with van der Waals surface area (Å²) in [7, 11) is 0. The summed E-state index contributed by atoms with van der Waals surface area (Å²) in [5.74, 6) is 0. The Balaban J connectivity index is 2.25. The lowest BCUT2D eigenvalue weighted by atomic mass is 10.0. The summed E-state index contributed by atoms with van der Waals surface area (Å²) >= 11 is 5.10. The van der Waals surface area contributed by atoms with Gasteiger partial charge in [-0.05, 0) is 43.2 Å². The molecule has 3 aromatic rings. The summed E-state index contributed by atoms with van der Waals surface area (Å²) in [6, 6.07) is 12.4. The molecule has 0 bridgehead atoms. The third kappa shape index (κ3) is 2.54. The van der Waals surface area contributed by atoms with Gasteiger partial charge in [-0.25, -0.2) is 4.98 Å². The monoisotopic (exact) mass is 295 g/mol. The smallest absolute Gasteiger partial charge is 0.137 e. The van der Waals surface area contributed by atoms with Gasteiger partial charge in [0.05, 0.1) is 16.4 Å². The van der Waals surface area contributed by atoms with E-state index in [9.17, 15) is 0 Å². The number of imidazole rings is 1. The molecule has 106 valence electrons. The van der Waals surface area contributed by atoms with Crippen molar-refractivity contribution in [2.24, 2.45) is 5.73 Å². The van der Waals surface area contributed by atoms with Gasteiger partial charge in [0.25, 0.3) is 0 Å². The molecular weight excluding hydrogens is 278 g/mol. The van der Waals surface area contributed by atoms with Gasteiger partial charge in [0.1, 0.15) is 5.65 Å². The molecule has 4 heteroatoms.